The molecule has 0 aromatic carbocycles. The Balaban J connectivity index is 4.32. The Labute approximate surface area is 146 Å². The fourth-order valence-electron chi connectivity index (χ4n) is 1.52. The number of aliphatic carboxylic acids is 1. The molecule has 0 rings (SSSR count). The first-order chi connectivity index (χ1) is 11.8. The van der Waals surface area contributed by atoms with E-state index in [2.05, 4.69) is 0 Å². The van der Waals surface area contributed by atoms with E-state index in [4.69, 9.17) is 29.4 Å². The zero-order valence-electron chi connectivity index (χ0n) is 14.4. The van der Waals surface area contributed by atoms with Crippen LogP contribution in [0.4, 0.5) is 0 Å². The molecule has 0 aliphatic heterocycles. The van der Waals surface area contributed by atoms with Crippen molar-refractivity contribution in [3.05, 3.63) is 0 Å². The van der Waals surface area contributed by atoms with E-state index in [1.54, 1.807) is 0 Å². The lowest BCUT2D eigenvalue weighted by Gasteiger charge is -2.18. The lowest BCUT2D eigenvalue weighted by molar-refractivity contribution is -0.160. The number of hydrogen-bond acceptors (Lipinski definition) is 9. The van der Waals surface area contributed by atoms with Gasteiger partial charge in [0.15, 0.2) is 6.10 Å². The maximum Gasteiger partial charge on any atom is 0.322 e. The van der Waals surface area contributed by atoms with Crippen LogP contribution in [0.25, 0.3) is 0 Å². The number of esters is 2. The van der Waals surface area contributed by atoms with E-state index in [1.165, 1.54) is 6.92 Å². The average Bonchev–Trinajstić information content (AvgIpc) is 2.54. The predicted octanol–water partition coefficient (Wildman–Crippen LogP) is 0.876. The number of carboxylic acids is 1. The Hall–Kier alpha value is -1.48. The Morgan fingerprint density at radius 3 is 2.32 bits per heavy atom. The smallest absolute Gasteiger partial charge is 0.322 e. The van der Waals surface area contributed by atoms with Gasteiger partial charge in [-0.2, -0.15) is 0 Å². The van der Waals surface area contributed by atoms with Gasteiger partial charge in [-0.25, -0.2) is 0 Å². The van der Waals surface area contributed by atoms with Crippen molar-refractivity contribution in [1.29, 1.82) is 0 Å². The van der Waals surface area contributed by atoms with Crippen LogP contribution in [-0.2, 0) is 37.5 Å². The van der Waals surface area contributed by atoms with E-state index in [-0.39, 0.29) is 19.6 Å². The standard InChI is InChI=1S/C14H26NO9P/c1-3-4-5-6-13(17)24-11(7-21-10(2)16)8-22-25(20)23-9-12(15)14(18)19/h11-12,25H,3-9,15H2,1-2H3,(H,18,19)/t11-,12-/m0/s1. The second-order valence-corrected chi connectivity index (χ2v) is 6.27. The molecule has 146 valence electrons. The van der Waals surface area contributed by atoms with Crippen molar-refractivity contribution in [2.45, 2.75) is 51.7 Å². The molecule has 0 aromatic heterocycles. The van der Waals surface area contributed by atoms with Gasteiger partial charge in [-0.3, -0.25) is 18.9 Å². The highest BCUT2D eigenvalue weighted by atomic mass is 31.1. The summed E-state index contributed by atoms with van der Waals surface area (Å²) in [7, 11) is -3.03. The van der Waals surface area contributed by atoms with Crippen LogP contribution >= 0.6 is 8.25 Å². The number of unbranched alkanes of at least 4 members (excludes halogenated alkanes) is 2. The molecule has 0 bridgehead atoms. The van der Waals surface area contributed by atoms with Crippen molar-refractivity contribution in [1.82, 2.24) is 0 Å². The van der Waals surface area contributed by atoms with Gasteiger partial charge in [0.25, 0.3) is 0 Å². The molecule has 0 heterocycles. The first-order valence-electron chi connectivity index (χ1n) is 7.87. The van der Waals surface area contributed by atoms with E-state index in [0.29, 0.717) is 6.42 Å². The number of nitrogens with two attached hydrogens (primary N) is 1. The number of rotatable bonds is 14. The lowest BCUT2D eigenvalue weighted by Crippen LogP contribution is -2.34. The molecule has 11 heteroatoms. The van der Waals surface area contributed by atoms with E-state index in [1.807, 2.05) is 6.92 Å². The third-order valence-electron chi connectivity index (χ3n) is 2.84. The minimum Gasteiger partial charge on any atom is -0.480 e. The van der Waals surface area contributed by atoms with Gasteiger partial charge in [0, 0.05) is 13.3 Å². The Kier molecular flexibility index (Phi) is 13.0. The van der Waals surface area contributed by atoms with E-state index in [9.17, 15) is 18.9 Å². The zero-order valence-corrected chi connectivity index (χ0v) is 15.4. The summed E-state index contributed by atoms with van der Waals surface area (Å²) in [5.41, 5.74) is 5.20. The van der Waals surface area contributed by atoms with Gasteiger partial charge in [-0.15, -0.1) is 0 Å². The Morgan fingerprint density at radius 2 is 1.76 bits per heavy atom. The highest BCUT2D eigenvalue weighted by Crippen LogP contribution is 2.24. The van der Waals surface area contributed by atoms with Crippen LogP contribution in [0, 0.1) is 0 Å². The summed E-state index contributed by atoms with van der Waals surface area (Å²) in [5.74, 6) is -2.35. The molecule has 3 atom stereocenters. The van der Waals surface area contributed by atoms with Gasteiger partial charge in [-0.05, 0) is 6.42 Å². The first-order valence-corrected chi connectivity index (χ1v) is 9.09. The van der Waals surface area contributed by atoms with Crippen LogP contribution in [0.1, 0.15) is 39.5 Å². The van der Waals surface area contributed by atoms with Crippen LogP contribution in [0.5, 0.6) is 0 Å². The van der Waals surface area contributed by atoms with Gasteiger partial charge < -0.3 is 29.4 Å². The molecule has 0 fully saturated rings. The molecular formula is C14H26NO9P. The van der Waals surface area contributed by atoms with E-state index < -0.39 is 44.9 Å². The summed E-state index contributed by atoms with van der Waals surface area (Å²) in [4.78, 5) is 33.1. The molecule has 0 aromatic rings. The van der Waals surface area contributed by atoms with Gasteiger partial charge in [0.05, 0.1) is 13.2 Å². The zero-order chi connectivity index (χ0) is 19.2. The normalized spacial score (nSPS) is 14.4. The molecule has 0 amide bonds. The van der Waals surface area contributed by atoms with Gasteiger partial charge in [-0.1, -0.05) is 19.8 Å². The minimum atomic E-state index is -3.03. The fourth-order valence-corrected chi connectivity index (χ4v) is 2.24. The van der Waals surface area contributed by atoms with Gasteiger partial charge in [0.1, 0.15) is 12.6 Å². The van der Waals surface area contributed by atoms with E-state index >= 15 is 0 Å². The van der Waals surface area contributed by atoms with Crippen molar-refractivity contribution >= 4 is 26.2 Å². The molecular weight excluding hydrogens is 357 g/mol. The van der Waals surface area contributed by atoms with Crippen molar-refractivity contribution in [2.24, 2.45) is 5.73 Å². The SMILES string of the molecule is CCCCCC(=O)O[C@@H](COC(C)=O)CO[PH](=O)OC[C@H](N)C(=O)O. The van der Waals surface area contributed by atoms with Crippen LogP contribution < -0.4 is 5.73 Å². The van der Waals surface area contributed by atoms with Crippen LogP contribution in [0.15, 0.2) is 0 Å². The largest absolute Gasteiger partial charge is 0.480 e. The van der Waals surface area contributed by atoms with Crippen molar-refractivity contribution < 1.29 is 42.6 Å². The number of ether oxygens (including phenoxy) is 2. The van der Waals surface area contributed by atoms with Crippen molar-refractivity contribution in [3.8, 4) is 0 Å². The summed E-state index contributed by atoms with van der Waals surface area (Å²) in [6.07, 6.45) is 1.77. The number of carbonyl (C=O) groups excluding carboxylic acids is 2. The summed E-state index contributed by atoms with van der Waals surface area (Å²) in [5, 5.41) is 8.58. The third kappa shape index (κ3) is 13.5. The number of carboxylic acid groups (broad SMARTS) is 1. The predicted molar refractivity (Wildman–Crippen MR) is 87.2 cm³/mol. The number of hydrogen-bond donors (Lipinski definition) is 2. The van der Waals surface area contributed by atoms with Crippen LogP contribution in [-0.4, -0.2) is 55.0 Å². The maximum atomic E-state index is 11.7. The minimum absolute atomic E-state index is 0.212. The monoisotopic (exact) mass is 383 g/mol. The maximum absolute atomic E-state index is 11.7. The molecule has 3 N–H and O–H groups in total. The lowest BCUT2D eigenvalue weighted by atomic mass is 10.2. The second-order valence-electron chi connectivity index (χ2n) is 5.19. The first kappa shape index (κ1) is 23.5. The molecule has 10 nitrogen and oxygen atoms in total. The molecule has 0 spiro atoms. The molecule has 0 aliphatic carbocycles. The molecule has 25 heavy (non-hydrogen) atoms. The van der Waals surface area contributed by atoms with Crippen molar-refractivity contribution in [3.63, 3.8) is 0 Å². The fraction of sp³-hybridized carbons (Fsp3) is 0.786. The third-order valence-corrected chi connectivity index (χ3v) is 3.64. The second kappa shape index (κ2) is 13.8. The number of carbonyl (C=O) groups is 3. The van der Waals surface area contributed by atoms with Gasteiger partial charge in [0.2, 0.25) is 0 Å². The molecule has 0 aliphatic rings. The summed E-state index contributed by atoms with van der Waals surface area (Å²) in [6.45, 7) is 2.13. The Bertz CT molecular complexity index is 458. The molecule has 1 unspecified atom stereocenters. The summed E-state index contributed by atoms with van der Waals surface area (Å²) in [6, 6.07) is -1.33. The topological polar surface area (TPSA) is 151 Å². The summed E-state index contributed by atoms with van der Waals surface area (Å²) >= 11 is 0. The summed E-state index contributed by atoms with van der Waals surface area (Å²) < 4.78 is 31.0. The van der Waals surface area contributed by atoms with Gasteiger partial charge >= 0.3 is 26.2 Å². The molecule has 0 saturated carbocycles. The Morgan fingerprint density at radius 1 is 1.12 bits per heavy atom. The molecule has 0 radical (unpaired) electrons. The van der Waals surface area contributed by atoms with E-state index in [0.717, 1.165) is 12.8 Å². The quantitative estimate of drug-likeness (QED) is 0.251. The highest BCUT2D eigenvalue weighted by Gasteiger charge is 2.19. The average molecular weight is 383 g/mol. The van der Waals surface area contributed by atoms with Crippen LogP contribution in [0.2, 0.25) is 0 Å². The molecule has 0 saturated heterocycles. The van der Waals surface area contributed by atoms with Crippen LogP contribution in [0.3, 0.4) is 0 Å². The van der Waals surface area contributed by atoms with Crippen molar-refractivity contribution in [2.75, 3.05) is 19.8 Å². The highest BCUT2D eigenvalue weighted by molar-refractivity contribution is 7.33.